The zero-order valence-corrected chi connectivity index (χ0v) is 10.6. The second kappa shape index (κ2) is 7.99. The fraction of sp³-hybridized carbons (Fsp3) is 0.333. The number of hydrogen-bond acceptors (Lipinski definition) is 3. The quantitative estimate of drug-likeness (QED) is 0.232. The van der Waals surface area contributed by atoms with E-state index in [-0.39, 0.29) is 59.1 Å². The van der Waals surface area contributed by atoms with E-state index in [0.717, 1.165) is 6.08 Å². The zero-order valence-electron chi connectivity index (χ0n) is 5.66. The molecule has 0 radical (unpaired) electrons. The Morgan fingerprint density at radius 3 is 1.78 bits per heavy atom. The summed E-state index contributed by atoms with van der Waals surface area (Å²) in [5, 5.41) is 0. The summed E-state index contributed by atoms with van der Waals surface area (Å²) in [5.41, 5.74) is 0. The van der Waals surface area contributed by atoms with Gasteiger partial charge in [0.1, 0.15) is 0 Å². The van der Waals surface area contributed by atoms with Crippen LogP contribution in [-0.4, -0.2) is 6.16 Å². The molecule has 0 atom stereocenters. The molecule has 0 aliphatic rings. The SMILES string of the molecule is C=CCP(=O)([O-])[O-].[Na+].[Na+]. The van der Waals surface area contributed by atoms with E-state index in [1.165, 1.54) is 0 Å². The van der Waals surface area contributed by atoms with Crippen molar-refractivity contribution in [1.82, 2.24) is 0 Å². The zero-order chi connectivity index (χ0) is 5.91. The summed E-state index contributed by atoms with van der Waals surface area (Å²) >= 11 is 0. The molecular weight excluding hydrogens is 161 g/mol. The molecule has 0 aliphatic heterocycles. The van der Waals surface area contributed by atoms with Gasteiger partial charge in [0.05, 0.1) is 0 Å². The van der Waals surface area contributed by atoms with Crippen molar-refractivity contribution in [3.8, 4) is 0 Å². The van der Waals surface area contributed by atoms with Crippen LogP contribution in [0.1, 0.15) is 0 Å². The summed E-state index contributed by atoms with van der Waals surface area (Å²) in [4.78, 5) is 19.3. The van der Waals surface area contributed by atoms with Crippen molar-refractivity contribution in [3.05, 3.63) is 12.7 Å². The first-order valence-electron chi connectivity index (χ1n) is 1.68. The van der Waals surface area contributed by atoms with Crippen molar-refractivity contribution in [2.24, 2.45) is 0 Å². The van der Waals surface area contributed by atoms with Gasteiger partial charge < -0.3 is 14.4 Å². The maximum atomic E-state index is 9.63. The monoisotopic (exact) mass is 166 g/mol. The molecule has 0 aromatic rings. The Labute approximate surface area is 98.7 Å². The Bertz CT molecular complexity index is 110. The van der Waals surface area contributed by atoms with Gasteiger partial charge in [0, 0.05) is 0 Å². The third kappa shape index (κ3) is 17.7. The molecule has 0 N–H and O–H groups in total. The van der Waals surface area contributed by atoms with Crippen molar-refractivity contribution in [1.29, 1.82) is 0 Å². The van der Waals surface area contributed by atoms with Gasteiger partial charge in [-0.3, -0.25) is 0 Å². The standard InChI is InChI=1S/C3H7O3P.2Na/c1-2-3-7(4,5)6;;/h2H,1,3H2,(H2,4,5,6);;/q;2*+1/p-2. The number of allylic oxidation sites excluding steroid dienone is 1. The van der Waals surface area contributed by atoms with Gasteiger partial charge in [-0.1, -0.05) is 13.7 Å². The van der Waals surface area contributed by atoms with E-state index < -0.39 is 13.8 Å². The third-order valence-corrected chi connectivity index (χ3v) is 1.06. The van der Waals surface area contributed by atoms with Crippen LogP contribution in [0.25, 0.3) is 0 Å². The summed E-state index contributed by atoms with van der Waals surface area (Å²) in [5.74, 6) is 0. The topological polar surface area (TPSA) is 63.2 Å². The van der Waals surface area contributed by atoms with Gasteiger partial charge in [0.15, 0.2) is 0 Å². The number of hydrogen-bond donors (Lipinski definition) is 0. The van der Waals surface area contributed by atoms with E-state index in [1.807, 2.05) is 0 Å². The van der Waals surface area contributed by atoms with Crippen LogP contribution in [0.15, 0.2) is 12.7 Å². The normalized spacial score (nSPS) is 8.67. The van der Waals surface area contributed by atoms with Gasteiger partial charge in [0.2, 0.25) is 0 Å². The summed E-state index contributed by atoms with van der Waals surface area (Å²) in [6, 6.07) is 0. The Morgan fingerprint density at radius 2 is 1.78 bits per heavy atom. The van der Waals surface area contributed by atoms with Crippen LogP contribution in [0.2, 0.25) is 0 Å². The summed E-state index contributed by atoms with van der Waals surface area (Å²) in [7, 11) is -4.28. The molecule has 0 saturated heterocycles. The minimum Gasteiger partial charge on any atom is -0.811 e. The molecular formula is C3H5Na2O3P. The van der Waals surface area contributed by atoms with Gasteiger partial charge in [0.25, 0.3) is 0 Å². The molecule has 0 fully saturated rings. The maximum absolute atomic E-state index is 9.63. The predicted octanol–water partition coefficient (Wildman–Crippen LogP) is -6.91. The second-order valence-corrected chi connectivity index (χ2v) is 2.67. The van der Waals surface area contributed by atoms with E-state index in [9.17, 15) is 14.4 Å². The van der Waals surface area contributed by atoms with Crippen molar-refractivity contribution >= 4 is 7.60 Å². The van der Waals surface area contributed by atoms with Crippen LogP contribution < -0.4 is 68.9 Å². The summed E-state index contributed by atoms with van der Waals surface area (Å²) in [6.07, 6.45) is 0.619. The van der Waals surface area contributed by atoms with Crippen LogP contribution in [-0.2, 0) is 4.57 Å². The number of rotatable bonds is 2. The summed E-state index contributed by atoms with van der Waals surface area (Å²) < 4.78 is 9.63. The van der Waals surface area contributed by atoms with Crippen molar-refractivity contribution in [2.75, 3.05) is 6.16 Å². The first kappa shape index (κ1) is 17.1. The third-order valence-electron chi connectivity index (χ3n) is 0.353. The molecule has 0 spiro atoms. The van der Waals surface area contributed by atoms with Crippen LogP contribution in [0, 0.1) is 0 Å². The average Bonchev–Trinajstić information content (AvgIpc) is 1.30. The average molecular weight is 166 g/mol. The van der Waals surface area contributed by atoms with Gasteiger partial charge in [-0.15, -0.1) is 6.58 Å². The molecule has 0 bridgehead atoms. The van der Waals surface area contributed by atoms with Crippen molar-refractivity contribution < 1.29 is 73.5 Å². The molecule has 42 valence electrons. The molecule has 0 heterocycles. The second-order valence-electron chi connectivity index (χ2n) is 1.08. The van der Waals surface area contributed by atoms with Crippen LogP contribution in [0.3, 0.4) is 0 Å². The minimum absolute atomic E-state index is 0. The molecule has 0 aliphatic carbocycles. The van der Waals surface area contributed by atoms with Gasteiger partial charge in [-0.25, -0.2) is 0 Å². The van der Waals surface area contributed by atoms with E-state index in [0.29, 0.717) is 0 Å². The van der Waals surface area contributed by atoms with Crippen LogP contribution in [0.5, 0.6) is 0 Å². The van der Waals surface area contributed by atoms with Crippen LogP contribution in [0.4, 0.5) is 0 Å². The Morgan fingerprint density at radius 1 is 1.44 bits per heavy atom. The predicted molar refractivity (Wildman–Crippen MR) is 22.7 cm³/mol. The molecule has 6 heteroatoms. The maximum Gasteiger partial charge on any atom is 1.00 e. The molecule has 3 nitrogen and oxygen atoms in total. The van der Waals surface area contributed by atoms with Gasteiger partial charge in [-0.05, 0) is 6.16 Å². The first-order chi connectivity index (χ1) is 3.06. The fourth-order valence-corrected chi connectivity index (χ4v) is 0.474. The van der Waals surface area contributed by atoms with Gasteiger partial charge in [-0.2, -0.15) is 0 Å². The van der Waals surface area contributed by atoms with E-state index in [1.54, 1.807) is 0 Å². The van der Waals surface area contributed by atoms with Crippen molar-refractivity contribution in [3.63, 3.8) is 0 Å². The molecule has 0 aromatic heterocycles. The molecule has 0 saturated carbocycles. The Balaban J connectivity index is -0.000000180. The Hall–Kier alpha value is 1.89. The first-order valence-corrected chi connectivity index (χ1v) is 3.41. The van der Waals surface area contributed by atoms with E-state index in [4.69, 9.17) is 0 Å². The molecule has 9 heavy (non-hydrogen) atoms. The van der Waals surface area contributed by atoms with E-state index in [2.05, 4.69) is 6.58 Å². The largest absolute Gasteiger partial charge is 1.00 e. The Kier molecular flexibility index (Phi) is 15.2. The van der Waals surface area contributed by atoms with Gasteiger partial charge >= 0.3 is 59.1 Å². The molecule has 0 amide bonds. The molecule has 0 unspecified atom stereocenters. The van der Waals surface area contributed by atoms with Crippen molar-refractivity contribution in [2.45, 2.75) is 0 Å². The van der Waals surface area contributed by atoms with Crippen LogP contribution >= 0.6 is 7.60 Å². The van der Waals surface area contributed by atoms with E-state index >= 15 is 0 Å². The summed E-state index contributed by atoms with van der Waals surface area (Å²) in [6.45, 7) is 3.07. The smallest absolute Gasteiger partial charge is 0.811 e. The minimum atomic E-state index is -4.28. The molecule has 0 rings (SSSR count). The molecule has 0 aromatic carbocycles. The fourth-order valence-electron chi connectivity index (χ4n) is 0.158.